The number of carboxylic acids is 1. The van der Waals surface area contributed by atoms with E-state index in [-0.39, 0.29) is 17.9 Å². The molecule has 1 aromatic carbocycles. The van der Waals surface area contributed by atoms with E-state index >= 15 is 0 Å². The Bertz CT molecular complexity index is 647. The Morgan fingerprint density at radius 1 is 1.30 bits per heavy atom. The van der Waals surface area contributed by atoms with E-state index in [0.717, 1.165) is 0 Å². The number of hydrogen-bond acceptors (Lipinski definition) is 4. The van der Waals surface area contributed by atoms with Crippen molar-refractivity contribution in [1.82, 2.24) is 9.78 Å². The zero-order valence-corrected chi connectivity index (χ0v) is 11.2. The number of aromatic carboxylic acids is 1. The molecule has 0 aliphatic heterocycles. The fraction of sp³-hybridized carbons (Fsp3) is 0.214. The van der Waals surface area contributed by atoms with Crippen LogP contribution in [0.5, 0.6) is 0 Å². The largest absolute Gasteiger partial charge is 0.476 e. The van der Waals surface area contributed by atoms with Crippen LogP contribution in [0.2, 0.25) is 0 Å². The molecule has 2 aromatic rings. The summed E-state index contributed by atoms with van der Waals surface area (Å²) in [6, 6.07) is 9.01. The van der Waals surface area contributed by atoms with Gasteiger partial charge < -0.3 is 9.84 Å². The van der Waals surface area contributed by atoms with Gasteiger partial charge in [0.05, 0.1) is 12.3 Å². The molecule has 0 fully saturated rings. The fourth-order valence-electron chi connectivity index (χ4n) is 2.00. The van der Waals surface area contributed by atoms with E-state index in [1.807, 2.05) is 6.07 Å². The maximum Gasteiger partial charge on any atom is 0.357 e. The van der Waals surface area contributed by atoms with Crippen LogP contribution in [0, 0.1) is 0 Å². The van der Waals surface area contributed by atoms with Gasteiger partial charge in [-0.3, -0.25) is 4.68 Å². The molecule has 0 saturated carbocycles. The van der Waals surface area contributed by atoms with Crippen molar-refractivity contribution in [2.75, 3.05) is 6.61 Å². The Kier molecular flexibility index (Phi) is 3.84. The minimum Gasteiger partial charge on any atom is -0.476 e. The van der Waals surface area contributed by atoms with Gasteiger partial charge in [-0.25, -0.2) is 9.59 Å². The molecule has 20 heavy (non-hydrogen) atoms. The average molecular weight is 274 g/mol. The fourth-order valence-corrected chi connectivity index (χ4v) is 2.00. The topological polar surface area (TPSA) is 81.4 Å². The summed E-state index contributed by atoms with van der Waals surface area (Å²) >= 11 is 0. The lowest BCUT2D eigenvalue weighted by atomic mass is 10.1. The van der Waals surface area contributed by atoms with Crippen molar-refractivity contribution in [3.63, 3.8) is 0 Å². The lowest BCUT2D eigenvalue weighted by Crippen LogP contribution is -2.11. The molecule has 0 unspecified atom stereocenters. The first-order valence-electron chi connectivity index (χ1n) is 6.09. The maximum absolute atomic E-state index is 12.0. The third-order valence-electron chi connectivity index (χ3n) is 2.78. The van der Waals surface area contributed by atoms with E-state index < -0.39 is 11.9 Å². The van der Waals surface area contributed by atoms with Crippen LogP contribution in [-0.2, 0) is 11.8 Å². The molecule has 0 bridgehead atoms. The van der Waals surface area contributed by atoms with Gasteiger partial charge >= 0.3 is 11.9 Å². The monoisotopic (exact) mass is 274 g/mol. The summed E-state index contributed by atoms with van der Waals surface area (Å²) in [7, 11) is 1.59. The predicted octanol–water partition coefficient (Wildman–Crippen LogP) is 1.96. The number of nitrogens with zero attached hydrogens (tertiary/aromatic N) is 2. The molecule has 0 atom stereocenters. The number of carboxylic acid groups (broad SMARTS) is 1. The van der Waals surface area contributed by atoms with Crippen LogP contribution in [0.3, 0.4) is 0 Å². The molecule has 0 spiro atoms. The van der Waals surface area contributed by atoms with E-state index in [9.17, 15) is 14.7 Å². The highest BCUT2D eigenvalue weighted by Gasteiger charge is 2.28. The molecule has 0 aliphatic rings. The molecule has 1 aromatic heterocycles. The SMILES string of the molecule is CCOC(=O)c1c(C(=O)O)nn(C)c1-c1ccccc1. The van der Waals surface area contributed by atoms with Gasteiger partial charge in [0.25, 0.3) is 0 Å². The van der Waals surface area contributed by atoms with Gasteiger partial charge in [-0.05, 0) is 6.92 Å². The van der Waals surface area contributed by atoms with Crippen molar-refractivity contribution in [2.45, 2.75) is 6.92 Å². The molecule has 6 heteroatoms. The Labute approximate surface area is 115 Å². The third kappa shape index (κ3) is 2.40. The van der Waals surface area contributed by atoms with E-state index in [1.54, 1.807) is 38.2 Å². The van der Waals surface area contributed by atoms with Gasteiger partial charge in [-0.15, -0.1) is 0 Å². The van der Waals surface area contributed by atoms with E-state index in [4.69, 9.17) is 4.74 Å². The third-order valence-corrected chi connectivity index (χ3v) is 2.78. The highest BCUT2D eigenvalue weighted by molar-refractivity contribution is 6.05. The van der Waals surface area contributed by atoms with Gasteiger partial charge in [0, 0.05) is 12.6 Å². The Morgan fingerprint density at radius 3 is 2.50 bits per heavy atom. The Balaban J connectivity index is 2.67. The van der Waals surface area contributed by atoms with Crippen molar-refractivity contribution in [3.8, 4) is 11.3 Å². The van der Waals surface area contributed by atoms with E-state index in [1.165, 1.54) is 4.68 Å². The van der Waals surface area contributed by atoms with Crippen molar-refractivity contribution < 1.29 is 19.4 Å². The minimum absolute atomic E-state index is 0.0203. The van der Waals surface area contributed by atoms with Crippen LogP contribution < -0.4 is 0 Å². The summed E-state index contributed by atoms with van der Waals surface area (Å²) in [4.78, 5) is 23.3. The Hall–Kier alpha value is -2.63. The molecule has 104 valence electrons. The minimum atomic E-state index is -1.26. The van der Waals surface area contributed by atoms with E-state index in [0.29, 0.717) is 11.3 Å². The highest BCUT2D eigenvalue weighted by atomic mass is 16.5. The van der Waals surface area contributed by atoms with Gasteiger partial charge in [0.2, 0.25) is 0 Å². The van der Waals surface area contributed by atoms with Gasteiger partial charge in [-0.1, -0.05) is 30.3 Å². The van der Waals surface area contributed by atoms with Gasteiger partial charge in [-0.2, -0.15) is 5.10 Å². The van der Waals surface area contributed by atoms with Crippen LogP contribution >= 0.6 is 0 Å². The molecular formula is C14H14N2O4. The predicted molar refractivity (Wildman–Crippen MR) is 71.6 cm³/mol. The van der Waals surface area contributed by atoms with Crippen molar-refractivity contribution in [2.24, 2.45) is 7.05 Å². The lowest BCUT2D eigenvalue weighted by Gasteiger charge is -2.06. The first-order valence-corrected chi connectivity index (χ1v) is 6.09. The summed E-state index contributed by atoms with van der Waals surface area (Å²) in [5.74, 6) is -1.94. The number of aryl methyl sites for hydroxylation is 1. The molecule has 2 rings (SSSR count). The molecular weight excluding hydrogens is 260 g/mol. The second-order valence-electron chi connectivity index (χ2n) is 4.09. The molecule has 0 saturated heterocycles. The van der Waals surface area contributed by atoms with Gasteiger partial charge in [0.15, 0.2) is 5.69 Å². The number of rotatable bonds is 4. The number of carbonyl (C=O) groups excluding carboxylic acids is 1. The van der Waals surface area contributed by atoms with Crippen molar-refractivity contribution in [1.29, 1.82) is 0 Å². The number of aromatic nitrogens is 2. The van der Waals surface area contributed by atoms with Crippen LogP contribution in [0.1, 0.15) is 27.8 Å². The zero-order chi connectivity index (χ0) is 14.7. The zero-order valence-electron chi connectivity index (χ0n) is 11.2. The first kappa shape index (κ1) is 13.8. The maximum atomic E-state index is 12.0. The lowest BCUT2D eigenvalue weighted by molar-refractivity contribution is 0.0515. The van der Waals surface area contributed by atoms with Crippen LogP contribution in [0.15, 0.2) is 30.3 Å². The van der Waals surface area contributed by atoms with Gasteiger partial charge in [0.1, 0.15) is 5.56 Å². The molecule has 1 N–H and O–H groups in total. The van der Waals surface area contributed by atoms with Crippen molar-refractivity contribution in [3.05, 3.63) is 41.6 Å². The smallest absolute Gasteiger partial charge is 0.357 e. The number of carbonyl (C=O) groups is 2. The second-order valence-corrected chi connectivity index (χ2v) is 4.09. The molecule has 0 radical (unpaired) electrons. The molecule has 0 aliphatic carbocycles. The van der Waals surface area contributed by atoms with Crippen LogP contribution in [0.25, 0.3) is 11.3 Å². The quantitative estimate of drug-likeness (QED) is 0.862. The molecule has 6 nitrogen and oxygen atoms in total. The number of benzene rings is 1. The summed E-state index contributed by atoms with van der Waals surface area (Å²) in [5, 5.41) is 13.1. The first-order chi connectivity index (χ1) is 9.56. The second kappa shape index (κ2) is 5.56. The summed E-state index contributed by atoms with van der Waals surface area (Å²) < 4.78 is 6.32. The Morgan fingerprint density at radius 2 is 1.95 bits per heavy atom. The average Bonchev–Trinajstić information content (AvgIpc) is 2.78. The number of hydrogen-bond donors (Lipinski definition) is 1. The number of esters is 1. The molecule has 0 amide bonds. The van der Waals surface area contributed by atoms with Crippen LogP contribution in [0.4, 0.5) is 0 Å². The van der Waals surface area contributed by atoms with Crippen molar-refractivity contribution >= 4 is 11.9 Å². The number of ether oxygens (including phenoxy) is 1. The molecule has 1 heterocycles. The standard InChI is InChI=1S/C14H14N2O4/c1-3-20-14(19)10-11(13(17)18)15-16(2)12(10)9-7-5-4-6-8-9/h4-8H,3H2,1-2H3,(H,17,18). The highest BCUT2D eigenvalue weighted by Crippen LogP contribution is 2.26. The van der Waals surface area contributed by atoms with Crippen LogP contribution in [-0.4, -0.2) is 33.4 Å². The van der Waals surface area contributed by atoms with E-state index in [2.05, 4.69) is 5.10 Å². The normalized spacial score (nSPS) is 10.3. The summed E-state index contributed by atoms with van der Waals surface area (Å²) in [6.45, 7) is 1.83. The summed E-state index contributed by atoms with van der Waals surface area (Å²) in [5.41, 5.74) is 0.817. The summed E-state index contributed by atoms with van der Waals surface area (Å²) in [6.07, 6.45) is 0.